The van der Waals surface area contributed by atoms with Crippen molar-refractivity contribution in [2.45, 2.75) is 32.0 Å². The van der Waals surface area contributed by atoms with Crippen LogP contribution in [0.25, 0.3) is 15.9 Å². The fourth-order valence-corrected chi connectivity index (χ4v) is 5.61. The number of hydrogen-bond acceptors (Lipinski definition) is 6. The number of nitriles is 2. The largest absolute Gasteiger partial charge is 0.361 e. The lowest BCUT2D eigenvalue weighted by molar-refractivity contribution is 0.130. The SMILES string of the molecule is [C-]#[N+]c1ccc2c(n1)c(N1C[C@@H](C)N(C(c3ccc(F)cc3)c3ccc(C#N)cc3)C[C@@H]1C)c(C#N)c(=O)n2C. The van der Waals surface area contributed by atoms with Crippen LogP contribution in [0, 0.1) is 35.1 Å². The van der Waals surface area contributed by atoms with E-state index >= 15 is 0 Å². The number of piperazine rings is 1. The lowest BCUT2D eigenvalue weighted by Crippen LogP contribution is -2.58. The van der Waals surface area contributed by atoms with Gasteiger partial charge in [0.2, 0.25) is 5.52 Å². The Kier molecular flexibility index (Phi) is 7.05. The molecule has 198 valence electrons. The zero-order valence-corrected chi connectivity index (χ0v) is 22.3. The summed E-state index contributed by atoms with van der Waals surface area (Å²) in [6.45, 7) is 12.6. The number of fused-ring (bicyclic) bond motifs is 1. The van der Waals surface area contributed by atoms with E-state index in [4.69, 9.17) is 6.57 Å². The highest BCUT2D eigenvalue weighted by Gasteiger charge is 2.37. The highest BCUT2D eigenvalue weighted by Crippen LogP contribution is 2.37. The molecule has 1 aliphatic rings. The van der Waals surface area contributed by atoms with Crippen molar-refractivity contribution in [3.05, 3.63) is 111 Å². The van der Waals surface area contributed by atoms with E-state index in [0.29, 0.717) is 35.4 Å². The van der Waals surface area contributed by atoms with Crippen molar-refractivity contribution in [2.24, 2.45) is 7.05 Å². The number of benzene rings is 2. The van der Waals surface area contributed by atoms with Gasteiger partial charge in [0.15, 0.2) is 0 Å². The van der Waals surface area contributed by atoms with E-state index in [9.17, 15) is 19.7 Å². The van der Waals surface area contributed by atoms with Crippen LogP contribution in [0.15, 0.2) is 65.5 Å². The summed E-state index contributed by atoms with van der Waals surface area (Å²) in [5.41, 5.74) is 3.47. The second-order valence-corrected chi connectivity index (χ2v) is 10.1. The molecule has 40 heavy (non-hydrogen) atoms. The summed E-state index contributed by atoms with van der Waals surface area (Å²) in [5, 5.41) is 19.3. The predicted octanol–water partition coefficient (Wildman–Crippen LogP) is 5.06. The molecule has 9 heteroatoms. The molecule has 0 spiro atoms. The Hall–Kier alpha value is -5.04. The topological polar surface area (TPSA) is 93.3 Å². The maximum atomic E-state index is 13.9. The quantitative estimate of drug-likeness (QED) is 0.342. The normalized spacial score (nSPS) is 18.1. The van der Waals surface area contributed by atoms with E-state index in [0.717, 1.165) is 11.1 Å². The Labute approximate surface area is 231 Å². The molecular weight excluding hydrogens is 505 g/mol. The molecule has 1 saturated heterocycles. The van der Waals surface area contributed by atoms with Crippen LogP contribution < -0.4 is 10.5 Å². The van der Waals surface area contributed by atoms with Gasteiger partial charge in [-0.1, -0.05) is 30.8 Å². The van der Waals surface area contributed by atoms with E-state index in [2.05, 4.69) is 33.8 Å². The van der Waals surface area contributed by atoms with E-state index in [1.54, 1.807) is 43.4 Å². The van der Waals surface area contributed by atoms with Gasteiger partial charge in [-0.05, 0) is 61.4 Å². The molecule has 8 nitrogen and oxygen atoms in total. The number of pyridine rings is 2. The minimum Gasteiger partial charge on any atom is -0.361 e. The zero-order chi connectivity index (χ0) is 28.6. The summed E-state index contributed by atoms with van der Waals surface area (Å²) in [4.78, 5) is 25.6. The molecule has 1 fully saturated rings. The lowest BCUT2D eigenvalue weighted by atomic mass is 9.92. The molecule has 1 unspecified atom stereocenters. The summed E-state index contributed by atoms with van der Waals surface area (Å²) < 4.78 is 15.3. The summed E-state index contributed by atoms with van der Waals surface area (Å²) in [5.74, 6) is -0.130. The van der Waals surface area contributed by atoms with Gasteiger partial charge < -0.3 is 14.3 Å². The van der Waals surface area contributed by atoms with Crippen LogP contribution in [0.4, 0.5) is 15.9 Å². The molecule has 2 aromatic heterocycles. The zero-order valence-electron chi connectivity index (χ0n) is 22.3. The number of halogens is 1. The number of anilines is 1. The average molecular weight is 532 g/mol. The third kappa shape index (κ3) is 4.56. The Morgan fingerprint density at radius 2 is 1.62 bits per heavy atom. The Balaban J connectivity index is 1.61. The Bertz CT molecular complexity index is 1780. The first-order valence-electron chi connectivity index (χ1n) is 12.9. The molecule has 0 N–H and O–H groups in total. The van der Waals surface area contributed by atoms with E-state index in [1.165, 1.54) is 16.7 Å². The van der Waals surface area contributed by atoms with Crippen LogP contribution in [0.5, 0.6) is 0 Å². The monoisotopic (exact) mass is 531 g/mol. The standard InChI is InChI=1S/C31H26FN7O/c1-19-18-39(30-25(16-34)31(40)37(4)26-13-14-27(35-3)36-28(26)30)20(2)17-38(19)29(23-9-11-24(32)12-10-23)22-7-5-21(15-33)6-8-22/h5-14,19-20,29H,17-18H2,1-2,4H3/t19-,20+,29?/m1/s1. The summed E-state index contributed by atoms with van der Waals surface area (Å²) in [6.07, 6.45) is 0. The van der Waals surface area contributed by atoms with Crippen LogP contribution in [0.2, 0.25) is 0 Å². The van der Waals surface area contributed by atoms with Crippen molar-refractivity contribution in [2.75, 3.05) is 18.0 Å². The maximum absolute atomic E-state index is 13.9. The smallest absolute Gasteiger partial charge is 0.271 e. The van der Waals surface area contributed by atoms with Gasteiger partial charge in [0.05, 0.1) is 23.2 Å². The van der Waals surface area contributed by atoms with Gasteiger partial charge >= 0.3 is 0 Å². The molecule has 1 aliphatic heterocycles. The van der Waals surface area contributed by atoms with E-state index in [-0.39, 0.29) is 35.3 Å². The van der Waals surface area contributed by atoms with Gasteiger partial charge in [-0.25, -0.2) is 4.39 Å². The van der Waals surface area contributed by atoms with Gasteiger partial charge in [-0.15, -0.1) is 4.98 Å². The van der Waals surface area contributed by atoms with Crippen molar-refractivity contribution in [3.8, 4) is 12.1 Å². The van der Waals surface area contributed by atoms with Gasteiger partial charge in [0.25, 0.3) is 11.4 Å². The number of aromatic nitrogens is 2. The fraction of sp³-hybridized carbons (Fsp3) is 0.258. The van der Waals surface area contributed by atoms with Crippen LogP contribution in [0.3, 0.4) is 0 Å². The Morgan fingerprint density at radius 3 is 2.23 bits per heavy atom. The van der Waals surface area contributed by atoms with Gasteiger partial charge in [0.1, 0.15) is 23.1 Å². The second-order valence-electron chi connectivity index (χ2n) is 10.1. The molecule has 3 heterocycles. The second kappa shape index (κ2) is 10.6. The molecule has 0 amide bonds. The number of aryl methyl sites for hydroxylation is 1. The van der Waals surface area contributed by atoms with Crippen molar-refractivity contribution < 1.29 is 4.39 Å². The third-order valence-electron chi connectivity index (χ3n) is 7.62. The molecule has 0 saturated carbocycles. The van der Waals surface area contributed by atoms with Crippen molar-refractivity contribution in [1.82, 2.24) is 14.5 Å². The molecule has 0 aliphatic carbocycles. The highest BCUT2D eigenvalue weighted by atomic mass is 19.1. The first-order chi connectivity index (χ1) is 19.3. The van der Waals surface area contributed by atoms with Crippen LogP contribution >= 0.6 is 0 Å². The minimum absolute atomic E-state index is 0.000641. The first-order valence-corrected chi connectivity index (χ1v) is 12.9. The lowest BCUT2D eigenvalue weighted by Gasteiger charge is -2.48. The van der Waals surface area contributed by atoms with Crippen LogP contribution in [0.1, 0.15) is 42.1 Å². The predicted molar refractivity (Wildman–Crippen MR) is 150 cm³/mol. The fourth-order valence-electron chi connectivity index (χ4n) is 5.61. The van der Waals surface area contributed by atoms with Crippen LogP contribution in [-0.2, 0) is 7.05 Å². The Morgan fingerprint density at radius 1 is 0.975 bits per heavy atom. The molecule has 4 aromatic rings. The highest BCUT2D eigenvalue weighted by molar-refractivity contribution is 5.93. The average Bonchev–Trinajstić information content (AvgIpc) is 2.97. The summed E-state index contributed by atoms with van der Waals surface area (Å²) >= 11 is 0. The molecule has 0 radical (unpaired) electrons. The molecule has 5 rings (SSSR count). The van der Waals surface area contributed by atoms with E-state index in [1.807, 2.05) is 24.0 Å². The maximum Gasteiger partial charge on any atom is 0.271 e. The van der Waals surface area contributed by atoms with Gasteiger partial charge in [-0.3, -0.25) is 9.69 Å². The third-order valence-corrected chi connectivity index (χ3v) is 7.62. The van der Waals surface area contributed by atoms with Gasteiger partial charge in [0, 0.05) is 32.2 Å². The number of nitrogens with zero attached hydrogens (tertiary/aromatic N) is 7. The van der Waals surface area contributed by atoms with Crippen molar-refractivity contribution >= 4 is 22.5 Å². The number of hydrogen-bond donors (Lipinski definition) is 0. The van der Waals surface area contributed by atoms with Gasteiger partial charge in [-0.2, -0.15) is 10.5 Å². The first kappa shape index (κ1) is 26.6. The summed E-state index contributed by atoms with van der Waals surface area (Å²) in [6, 6.07) is 21.0. The van der Waals surface area contributed by atoms with Crippen molar-refractivity contribution in [3.63, 3.8) is 0 Å². The minimum atomic E-state index is -0.411. The van der Waals surface area contributed by atoms with Crippen LogP contribution in [-0.4, -0.2) is 39.6 Å². The van der Waals surface area contributed by atoms with E-state index < -0.39 is 5.56 Å². The molecule has 2 aromatic carbocycles. The molecular formula is C31H26FN7O. The number of rotatable bonds is 4. The molecule has 0 bridgehead atoms. The van der Waals surface area contributed by atoms with Crippen molar-refractivity contribution in [1.29, 1.82) is 10.5 Å². The summed E-state index contributed by atoms with van der Waals surface area (Å²) in [7, 11) is 1.60. The molecule has 3 atom stereocenters.